The molecule has 0 amide bonds. The molecule has 0 aromatic heterocycles. The minimum atomic E-state index is -3.54. The number of nitrogens with zero attached hydrogens (tertiary/aromatic N) is 1. The molecule has 1 aromatic rings. The molecule has 5 heteroatoms. The van der Waals surface area contributed by atoms with Crippen molar-refractivity contribution < 1.29 is 13.2 Å². The number of hydrogen-bond acceptors (Lipinski definition) is 3. The van der Waals surface area contributed by atoms with E-state index in [1.165, 1.54) is 0 Å². The van der Waals surface area contributed by atoms with E-state index >= 15 is 0 Å². The Morgan fingerprint density at radius 3 is 2.14 bits per heavy atom. The Balaban J connectivity index is 2.03. The summed E-state index contributed by atoms with van der Waals surface area (Å²) in [6.07, 6.45) is 2.06. The van der Waals surface area contributed by atoms with E-state index < -0.39 is 15.6 Å². The zero-order valence-corrected chi connectivity index (χ0v) is 14.8. The zero-order chi connectivity index (χ0) is 16.3. The maximum atomic E-state index is 13.1. The van der Waals surface area contributed by atoms with Gasteiger partial charge in [0, 0.05) is 12.5 Å². The molecule has 22 heavy (non-hydrogen) atoms. The van der Waals surface area contributed by atoms with Gasteiger partial charge < -0.3 is 4.74 Å². The van der Waals surface area contributed by atoms with Crippen molar-refractivity contribution in [3.63, 3.8) is 0 Å². The van der Waals surface area contributed by atoms with Gasteiger partial charge in [0.2, 0.25) is 10.0 Å². The molecule has 122 valence electrons. The summed E-state index contributed by atoms with van der Waals surface area (Å²) in [6, 6.07) is 7.05. The Labute approximate surface area is 133 Å². The number of fused-ring (bicyclic) bond motifs is 2. The average Bonchev–Trinajstić information content (AvgIpc) is 3.01. The van der Waals surface area contributed by atoms with E-state index in [0.717, 1.165) is 18.4 Å². The highest BCUT2D eigenvalue weighted by molar-refractivity contribution is 7.89. The Hall–Kier alpha value is -0.910. The minimum Gasteiger partial charge on any atom is -0.372 e. The Morgan fingerprint density at radius 2 is 1.64 bits per heavy atom. The van der Waals surface area contributed by atoms with Crippen LogP contribution < -0.4 is 0 Å². The SMILES string of the molecule is Cc1ccc(S(=O)(=O)N(C)[C@@]2(C)[C@@H]3CC[C@@H](O3)C2(C)C)cc1. The van der Waals surface area contributed by atoms with Crippen molar-refractivity contribution >= 4 is 10.0 Å². The van der Waals surface area contributed by atoms with E-state index in [1.54, 1.807) is 23.5 Å². The van der Waals surface area contributed by atoms with Crippen LogP contribution in [0.15, 0.2) is 29.2 Å². The first kappa shape index (κ1) is 16.0. The fraction of sp³-hybridized carbons (Fsp3) is 0.647. The van der Waals surface area contributed by atoms with Gasteiger partial charge in [-0.3, -0.25) is 0 Å². The zero-order valence-electron chi connectivity index (χ0n) is 14.0. The van der Waals surface area contributed by atoms with E-state index in [1.807, 2.05) is 26.0 Å². The maximum absolute atomic E-state index is 13.1. The predicted molar refractivity (Wildman–Crippen MR) is 86.2 cm³/mol. The van der Waals surface area contributed by atoms with Crippen molar-refractivity contribution in [2.75, 3.05) is 7.05 Å². The molecule has 2 saturated heterocycles. The molecule has 1 aromatic carbocycles. The number of hydrogen-bond donors (Lipinski definition) is 0. The van der Waals surface area contributed by atoms with E-state index in [2.05, 4.69) is 13.8 Å². The highest BCUT2D eigenvalue weighted by atomic mass is 32.2. The molecule has 0 aliphatic carbocycles. The summed E-state index contributed by atoms with van der Waals surface area (Å²) in [5, 5.41) is 0. The van der Waals surface area contributed by atoms with Crippen LogP contribution in [-0.4, -0.2) is 37.5 Å². The van der Waals surface area contributed by atoms with Gasteiger partial charge in [-0.1, -0.05) is 31.5 Å². The van der Waals surface area contributed by atoms with Crippen molar-refractivity contribution in [3.8, 4) is 0 Å². The van der Waals surface area contributed by atoms with Crippen molar-refractivity contribution in [2.24, 2.45) is 5.41 Å². The minimum absolute atomic E-state index is 0.0299. The van der Waals surface area contributed by atoms with Crippen LogP contribution in [0.25, 0.3) is 0 Å². The second-order valence-corrected chi connectivity index (χ2v) is 9.31. The van der Waals surface area contributed by atoms with Crippen molar-refractivity contribution in [1.29, 1.82) is 0 Å². The standard InChI is InChI=1S/C17H25NO3S/c1-12-6-8-13(9-7-12)22(19,20)18(5)17(4)15-11-10-14(21-15)16(17,2)3/h6-9,14-15H,10-11H2,1-5H3/t14-,15+,17+/m1/s1. The van der Waals surface area contributed by atoms with Crippen LogP contribution in [0.4, 0.5) is 0 Å². The number of aryl methyl sites for hydroxylation is 1. The first-order chi connectivity index (χ1) is 10.1. The average molecular weight is 323 g/mol. The van der Waals surface area contributed by atoms with Gasteiger partial charge in [0.1, 0.15) is 0 Å². The summed E-state index contributed by atoms with van der Waals surface area (Å²) >= 11 is 0. The van der Waals surface area contributed by atoms with Gasteiger partial charge in [-0.15, -0.1) is 0 Å². The van der Waals surface area contributed by atoms with E-state index in [-0.39, 0.29) is 17.6 Å². The molecule has 2 bridgehead atoms. The molecule has 2 heterocycles. The third-order valence-electron chi connectivity index (χ3n) is 6.09. The quantitative estimate of drug-likeness (QED) is 0.859. The van der Waals surface area contributed by atoms with Gasteiger partial charge >= 0.3 is 0 Å². The van der Waals surface area contributed by atoms with Crippen molar-refractivity contribution in [2.45, 2.75) is 63.2 Å². The maximum Gasteiger partial charge on any atom is 0.243 e. The molecule has 0 radical (unpaired) electrons. The monoisotopic (exact) mass is 323 g/mol. The van der Waals surface area contributed by atoms with Crippen LogP contribution in [0.2, 0.25) is 0 Å². The largest absolute Gasteiger partial charge is 0.372 e. The van der Waals surface area contributed by atoms with Gasteiger partial charge in [-0.25, -0.2) is 8.42 Å². The number of benzene rings is 1. The molecule has 0 unspecified atom stereocenters. The fourth-order valence-corrected chi connectivity index (χ4v) is 5.70. The summed E-state index contributed by atoms with van der Waals surface area (Å²) in [7, 11) is -1.84. The summed E-state index contributed by atoms with van der Waals surface area (Å²) in [5.41, 5.74) is 0.318. The molecule has 3 atom stereocenters. The molecule has 0 N–H and O–H groups in total. The third-order valence-corrected chi connectivity index (χ3v) is 8.06. The molecule has 2 aliphatic heterocycles. The molecule has 4 nitrogen and oxygen atoms in total. The highest BCUT2D eigenvalue weighted by Crippen LogP contribution is 2.57. The van der Waals surface area contributed by atoms with Crippen molar-refractivity contribution in [1.82, 2.24) is 4.31 Å². The molecular weight excluding hydrogens is 298 g/mol. The molecule has 2 fully saturated rings. The summed E-state index contributed by atoms with van der Waals surface area (Å²) in [4.78, 5) is 0.348. The molecule has 3 rings (SSSR count). The third kappa shape index (κ3) is 1.92. The van der Waals surface area contributed by atoms with E-state index in [9.17, 15) is 8.42 Å². The Bertz CT molecular complexity index is 680. The van der Waals surface area contributed by atoms with Crippen LogP contribution in [-0.2, 0) is 14.8 Å². The fourth-order valence-electron chi connectivity index (χ4n) is 4.05. The smallest absolute Gasteiger partial charge is 0.243 e. The first-order valence-corrected chi connectivity index (χ1v) is 9.27. The lowest BCUT2D eigenvalue weighted by Crippen LogP contribution is -2.62. The van der Waals surface area contributed by atoms with E-state index in [0.29, 0.717) is 4.90 Å². The molecular formula is C17H25NO3S. The van der Waals surface area contributed by atoms with Crippen LogP contribution >= 0.6 is 0 Å². The van der Waals surface area contributed by atoms with Crippen LogP contribution in [0.5, 0.6) is 0 Å². The summed E-state index contributed by atoms with van der Waals surface area (Å²) in [5.74, 6) is 0. The predicted octanol–water partition coefficient (Wildman–Crippen LogP) is 2.96. The topological polar surface area (TPSA) is 46.6 Å². The Morgan fingerprint density at radius 1 is 1.09 bits per heavy atom. The first-order valence-electron chi connectivity index (χ1n) is 7.83. The summed E-state index contributed by atoms with van der Waals surface area (Å²) in [6.45, 7) is 8.23. The van der Waals surface area contributed by atoms with Crippen LogP contribution in [0.1, 0.15) is 39.2 Å². The van der Waals surface area contributed by atoms with Gasteiger partial charge in [0.15, 0.2) is 0 Å². The molecule has 2 aliphatic rings. The second kappa shape index (κ2) is 4.79. The number of rotatable bonds is 3. The lowest BCUT2D eigenvalue weighted by atomic mass is 9.64. The number of sulfonamides is 1. The number of ether oxygens (including phenoxy) is 1. The van der Waals surface area contributed by atoms with Gasteiger partial charge in [0.25, 0.3) is 0 Å². The van der Waals surface area contributed by atoms with Crippen LogP contribution in [0.3, 0.4) is 0 Å². The Kier molecular flexibility index (Phi) is 3.48. The van der Waals surface area contributed by atoms with Gasteiger partial charge in [-0.05, 0) is 38.8 Å². The normalized spacial score (nSPS) is 33.5. The van der Waals surface area contributed by atoms with Crippen LogP contribution in [0, 0.1) is 12.3 Å². The molecule has 0 saturated carbocycles. The van der Waals surface area contributed by atoms with E-state index in [4.69, 9.17) is 4.74 Å². The van der Waals surface area contributed by atoms with Crippen molar-refractivity contribution in [3.05, 3.63) is 29.8 Å². The summed E-state index contributed by atoms with van der Waals surface area (Å²) < 4.78 is 33.8. The highest BCUT2D eigenvalue weighted by Gasteiger charge is 2.65. The second-order valence-electron chi connectivity index (χ2n) is 7.35. The lowest BCUT2D eigenvalue weighted by Gasteiger charge is -2.49. The van der Waals surface area contributed by atoms with Gasteiger partial charge in [-0.2, -0.15) is 4.31 Å². The number of likely N-dealkylation sites (N-methyl/N-ethyl adjacent to an activating group) is 1. The lowest BCUT2D eigenvalue weighted by molar-refractivity contribution is 0.0538. The molecule has 0 spiro atoms. The van der Waals surface area contributed by atoms with Gasteiger partial charge in [0.05, 0.1) is 22.6 Å².